The van der Waals surface area contributed by atoms with E-state index < -0.39 is 5.97 Å². The lowest BCUT2D eigenvalue weighted by molar-refractivity contribution is 0.0697. The number of carbonyl (C=O) groups is 1. The Bertz CT molecular complexity index is 746. The number of rotatable bonds is 4. The molecule has 0 aliphatic heterocycles. The predicted octanol–water partition coefficient (Wildman–Crippen LogP) is 3.30. The van der Waals surface area contributed by atoms with Gasteiger partial charge in [-0.15, -0.1) is 0 Å². The minimum absolute atomic E-state index is 0.299. The van der Waals surface area contributed by atoms with Crippen LogP contribution in [0, 0.1) is 0 Å². The smallest absolute Gasteiger partial charge is 0.335 e. The van der Waals surface area contributed by atoms with Gasteiger partial charge < -0.3 is 9.67 Å². The molecule has 1 aromatic heterocycles. The predicted molar refractivity (Wildman–Crippen MR) is 80.2 cm³/mol. The van der Waals surface area contributed by atoms with Gasteiger partial charge in [-0.25, -0.2) is 9.78 Å². The number of carboxylic acids is 1. The van der Waals surface area contributed by atoms with E-state index in [1.165, 1.54) is 0 Å². The van der Waals surface area contributed by atoms with Crippen molar-refractivity contribution >= 4 is 5.97 Å². The highest BCUT2D eigenvalue weighted by atomic mass is 16.4. The van der Waals surface area contributed by atoms with Crippen LogP contribution in [0.15, 0.2) is 67.0 Å². The molecule has 0 saturated heterocycles. The van der Waals surface area contributed by atoms with Gasteiger partial charge in [0.15, 0.2) is 0 Å². The zero-order valence-corrected chi connectivity index (χ0v) is 11.3. The summed E-state index contributed by atoms with van der Waals surface area (Å²) in [6.07, 6.45) is 3.70. The number of aromatic nitrogens is 2. The van der Waals surface area contributed by atoms with Crippen LogP contribution < -0.4 is 0 Å². The van der Waals surface area contributed by atoms with E-state index in [9.17, 15) is 4.79 Å². The highest BCUT2D eigenvalue weighted by Crippen LogP contribution is 2.18. The van der Waals surface area contributed by atoms with E-state index in [0.29, 0.717) is 12.1 Å². The Morgan fingerprint density at radius 3 is 2.43 bits per heavy atom. The molecular formula is C17H14N2O2. The first-order valence-electron chi connectivity index (χ1n) is 6.63. The van der Waals surface area contributed by atoms with Crippen molar-refractivity contribution in [2.75, 3.05) is 0 Å². The van der Waals surface area contributed by atoms with Crippen LogP contribution >= 0.6 is 0 Å². The van der Waals surface area contributed by atoms with Crippen molar-refractivity contribution in [2.45, 2.75) is 6.54 Å². The summed E-state index contributed by atoms with van der Waals surface area (Å²) >= 11 is 0. The van der Waals surface area contributed by atoms with Crippen LogP contribution in [-0.2, 0) is 6.54 Å². The summed E-state index contributed by atoms with van der Waals surface area (Å²) < 4.78 is 2.05. The molecule has 4 heteroatoms. The maximum atomic E-state index is 10.9. The first-order chi connectivity index (χ1) is 10.2. The van der Waals surface area contributed by atoms with Gasteiger partial charge in [-0.05, 0) is 17.7 Å². The Kier molecular flexibility index (Phi) is 3.51. The monoisotopic (exact) mass is 278 g/mol. The average Bonchev–Trinajstić information content (AvgIpc) is 2.97. The number of benzene rings is 2. The van der Waals surface area contributed by atoms with Gasteiger partial charge in [-0.1, -0.05) is 42.5 Å². The van der Waals surface area contributed by atoms with Gasteiger partial charge in [0, 0.05) is 24.5 Å². The molecule has 4 nitrogen and oxygen atoms in total. The van der Waals surface area contributed by atoms with Gasteiger partial charge in [0.25, 0.3) is 0 Å². The van der Waals surface area contributed by atoms with Crippen LogP contribution in [0.2, 0.25) is 0 Å². The van der Waals surface area contributed by atoms with E-state index >= 15 is 0 Å². The van der Waals surface area contributed by atoms with E-state index in [1.54, 1.807) is 18.3 Å². The number of imidazole rings is 1. The van der Waals surface area contributed by atoms with E-state index in [2.05, 4.69) is 4.98 Å². The van der Waals surface area contributed by atoms with E-state index in [4.69, 9.17) is 5.11 Å². The third kappa shape index (κ3) is 2.84. The summed E-state index contributed by atoms with van der Waals surface area (Å²) in [5, 5.41) is 8.91. The van der Waals surface area contributed by atoms with Crippen molar-refractivity contribution in [2.24, 2.45) is 0 Å². The third-order valence-corrected chi connectivity index (χ3v) is 3.30. The molecule has 3 rings (SSSR count). The normalized spacial score (nSPS) is 10.5. The zero-order valence-electron chi connectivity index (χ0n) is 11.3. The van der Waals surface area contributed by atoms with E-state index in [0.717, 1.165) is 17.0 Å². The van der Waals surface area contributed by atoms with Crippen LogP contribution in [0.3, 0.4) is 0 Å². The van der Waals surface area contributed by atoms with Crippen LogP contribution in [0.1, 0.15) is 15.9 Å². The highest BCUT2D eigenvalue weighted by molar-refractivity contribution is 5.87. The van der Waals surface area contributed by atoms with Crippen LogP contribution in [-0.4, -0.2) is 20.6 Å². The van der Waals surface area contributed by atoms with Crippen LogP contribution in [0.4, 0.5) is 0 Å². The summed E-state index contributed by atoms with van der Waals surface area (Å²) in [6.45, 7) is 0.657. The molecule has 0 atom stereocenters. The van der Waals surface area contributed by atoms with Crippen LogP contribution in [0.5, 0.6) is 0 Å². The van der Waals surface area contributed by atoms with Crippen molar-refractivity contribution < 1.29 is 9.90 Å². The number of aromatic carboxylic acids is 1. The zero-order chi connectivity index (χ0) is 14.7. The first kappa shape index (κ1) is 13.1. The Hall–Kier alpha value is -2.88. The molecule has 21 heavy (non-hydrogen) atoms. The summed E-state index contributed by atoms with van der Waals surface area (Å²) in [5.74, 6) is -0.00735. The second kappa shape index (κ2) is 5.63. The summed E-state index contributed by atoms with van der Waals surface area (Å²) in [6, 6.07) is 16.9. The van der Waals surface area contributed by atoms with Gasteiger partial charge >= 0.3 is 5.97 Å². The van der Waals surface area contributed by atoms with Gasteiger partial charge in [0.2, 0.25) is 0 Å². The third-order valence-electron chi connectivity index (χ3n) is 3.30. The van der Waals surface area contributed by atoms with Crippen LogP contribution in [0.25, 0.3) is 11.4 Å². The largest absolute Gasteiger partial charge is 0.478 e. The molecule has 0 aliphatic rings. The second-order valence-electron chi connectivity index (χ2n) is 4.75. The maximum absolute atomic E-state index is 10.9. The molecule has 104 valence electrons. The molecule has 2 aromatic carbocycles. The summed E-state index contributed by atoms with van der Waals surface area (Å²) in [4.78, 5) is 15.3. The standard InChI is InChI=1S/C17H14N2O2/c20-17(21)15-8-6-13(7-9-15)12-19-11-10-18-16(19)14-4-2-1-3-5-14/h1-11H,12H2,(H,20,21). The maximum Gasteiger partial charge on any atom is 0.335 e. The summed E-state index contributed by atoms with van der Waals surface area (Å²) in [5.41, 5.74) is 2.40. The highest BCUT2D eigenvalue weighted by Gasteiger charge is 2.07. The molecule has 1 heterocycles. The van der Waals surface area contributed by atoms with Gasteiger partial charge in [-0.2, -0.15) is 0 Å². The quantitative estimate of drug-likeness (QED) is 0.796. The molecule has 0 unspecified atom stereocenters. The lowest BCUT2D eigenvalue weighted by atomic mass is 10.1. The Balaban J connectivity index is 1.86. The summed E-state index contributed by atoms with van der Waals surface area (Å²) in [7, 11) is 0. The van der Waals surface area contributed by atoms with Gasteiger partial charge in [-0.3, -0.25) is 0 Å². The molecule has 0 aliphatic carbocycles. The molecular weight excluding hydrogens is 264 g/mol. The average molecular weight is 278 g/mol. The Morgan fingerprint density at radius 2 is 1.76 bits per heavy atom. The molecule has 0 saturated carbocycles. The molecule has 0 spiro atoms. The molecule has 1 N–H and O–H groups in total. The Labute approximate surface area is 122 Å². The molecule has 0 bridgehead atoms. The first-order valence-corrected chi connectivity index (χ1v) is 6.63. The molecule has 0 amide bonds. The number of carboxylic acid groups (broad SMARTS) is 1. The molecule has 0 fully saturated rings. The molecule has 0 radical (unpaired) electrons. The minimum atomic E-state index is -0.908. The lowest BCUT2D eigenvalue weighted by Crippen LogP contribution is -2.02. The molecule has 3 aromatic rings. The van der Waals surface area contributed by atoms with Crippen molar-refractivity contribution in [1.82, 2.24) is 9.55 Å². The minimum Gasteiger partial charge on any atom is -0.478 e. The number of hydrogen-bond donors (Lipinski definition) is 1. The van der Waals surface area contributed by atoms with Crippen molar-refractivity contribution in [3.8, 4) is 11.4 Å². The number of nitrogens with zero attached hydrogens (tertiary/aromatic N) is 2. The van der Waals surface area contributed by atoms with Crippen molar-refractivity contribution in [1.29, 1.82) is 0 Å². The lowest BCUT2D eigenvalue weighted by Gasteiger charge is -2.08. The number of hydrogen-bond acceptors (Lipinski definition) is 2. The second-order valence-corrected chi connectivity index (χ2v) is 4.75. The SMILES string of the molecule is O=C(O)c1ccc(Cn2ccnc2-c2ccccc2)cc1. The fourth-order valence-electron chi connectivity index (χ4n) is 2.23. The fraction of sp³-hybridized carbons (Fsp3) is 0.0588. The van der Waals surface area contributed by atoms with E-state index in [-0.39, 0.29) is 0 Å². The fourth-order valence-corrected chi connectivity index (χ4v) is 2.23. The van der Waals surface area contributed by atoms with Crippen molar-refractivity contribution in [3.05, 3.63) is 78.1 Å². The Morgan fingerprint density at radius 1 is 1.05 bits per heavy atom. The van der Waals surface area contributed by atoms with Gasteiger partial charge in [0.05, 0.1) is 5.56 Å². The van der Waals surface area contributed by atoms with Gasteiger partial charge in [0.1, 0.15) is 5.82 Å². The van der Waals surface area contributed by atoms with Crippen molar-refractivity contribution in [3.63, 3.8) is 0 Å². The van der Waals surface area contributed by atoms with E-state index in [1.807, 2.05) is 53.2 Å². The topological polar surface area (TPSA) is 55.1 Å².